The van der Waals surface area contributed by atoms with Crippen molar-refractivity contribution in [1.29, 1.82) is 0 Å². The normalized spacial score (nSPS) is 10.9. The first-order chi connectivity index (χ1) is 10.5. The molecule has 0 saturated heterocycles. The Bertz CT molecular complexity index is 537. The zero-order valence-corrected chi connectivity index (χ0v) is 15.6. The maximum atomic E-state index is 4.13. The number of aromatic nitrogens is 8. The van der Waals surface area contributed by atoms with Crippen molar-refractivity contribution in [2.75, 3.05) is 12.5 Å². The highest BCUT2D eigenvalue weighted by Crippen LogP contribution is 2.10. The van der Waals surface area contributed by atoms with Crippen molar-refractivity contribution in [3.63, 3.8) is 0 Å². The van der Waals surface area contributed by atoms with Gasteiger partial charge in [-0.15, -0.1) is 15.3 Å². The molecule has 0 aliphatic heterocycles. The molecule has 0 aliphatic rings. The molecule has 10 heteroatoms. The smallest absolute Gasteiger partial charge is 0.220 e. The molecule has 0 fully saturated rings. The summed E-state index contributed by atoms with van der Waals surface area (Å²) in [4.78, 5) is 1.64. The van der Waals surface area contributed by atoms with Gasteiger partial charge in [0.05, 0.1) is 6.54 Å². The van der Waals surface area contributed by atoms with Crippen LogP contribution in [-0.2, 0) is 13.1 Å². The summed E-state index contributed by atoms with van der Waals surface area (Å²) in [5, 5.41) is 24.8. The van der Waals surface area contributed by atoms with Crippen LogP contribution in [0.4, 0.5) is 0 Å². The van der Waals surface area contributed by atoms with E-state index >= 15 is 0 Å². The summed E-state index contributed by atoms with van der Waals surface area (Å²) < 4.78 is 1.83. The lowest BCUT2D eigenvalue weighted by atomic mass is 10.2. The van der Waals surface area contributed by atoms with Gasteiger partial charge in [-0.1, -0.05) is 51.2 Å². The van der Waals surface area contributed by atoms with Gasteiger partial charge in [-0.25, -0.2) is 4.68 Å². The van der Waals surface area contributed by atoms with E-state index in [4.69, 9.17) is 0 Å². The van der Waals surface area contributed by atoms with Crippen LogP contribution in [0.15, 0.2) is 10.3 Å². The van der Waals surface area contributed by atoms with Gasteiger partial charge in [0.15, 0.2) is 0 Å². The Kier molecular flexibility index (Phi) is 8.39. The Balaban J connectivity index is 0.000000220. The molecule has 0 aromatic carbocycles. The SMILES string of the molecule is CSc1nnn(CC(C)C)n1.CSc1nnnn1CC(C)C. The van der Waals surface area contributed by atoms with E-state index in [0.29, 0.717) is 11.8 Å². The van der Waals surface area contributed by atoms with E-state index in [1.54, 1.807) is 16.6 Å². The maximum absolute atomic E-state index is 4.13. The van der Waals surface area contributed by atoms with Gasteiger partial charge >= 0.3 is 0 Å². The Morgan fingerprint density at radius 2 is 1.59 bits per heavy atom. The first-order valence-corrected chi connectivity index (χ1v) is 9.53. The van der Waals surface area contributed by atoms with Crippen LogP contribution in [0, 0.1) is 11.8 Å². The zero-order chi connectivity index (χ0) is 16.5. The molecule has 22 heavy (non-hydrogen) atoms. The van der Waals surface area contributed by atoms with E-state index < -0.39 is 0 Å². The summed E-state index contributed by atoms with van der Waals surface area (Å²) in [6, 6.07) is 0. The number of rotatable bonds is 6. The Morgan fingerprint density at radius 1 is 0.909 bits per heavy atom. The molecular weight excluding hydrogens is 320 g/mol. The van der Waals surface area contributed by atoms with Gasteiger partial charge in [0.25, 0.3) is 0 Å². The van der Waals surface area contributed by atoms with Crippen LogP contribution in [-0.4, -0.2) is 52.9 Å². The second kappa shape index (κ2) is 9.78. The minimum atomic E-state index is 0.568. The second-order valence-corrected chi connectivity index (χ2v) is 7.01. The summed E-state index contributed by atoms with van der Waals surface area (Å²) in [5.74, 6) is 1.16. The van der Waals surface area contributed by atoms with Gasteiger partial charge in [-0.3, -0.25) is 0 Å². The highest BCUT2D eigenvalue weighted by Gasteiger charge is 2.04. The molecule has 0 atom stereocenters. The maximum Gasteiger partial charge on any atom is 0.230 e. The fourth-order valence-corrected chi connectivity index (χ4v) is 2.25. The third-order valence-corrected chi connectivity index (χ3v) is 3.55. The molecule has 0 radical (unpaired) electrons. The Morgan fingerprint density at radius 3 is 2.09 bits per heavy atom. The van der Waals surface area contributed by atoms with Gasteiger partial charge in [-0.05, 0) is 40.0 Å². The molecule has 0 unspecified atom stereocenters. The lowest BCUT2D eigenvalue weighted by Gasteiger charge is -2.04. The molecule has 0 bridgehead atoms. The van der Waals surface area contributed by atoms with Crippen molar-refractivity contribution in [3.8, 4) is 0 Å². The molecule has 2 rings (SSSR count). The van der Waals surface area contributed by atoms with E-state index in [1.165, 1.54) is 11.8 Å². The van der Waals surface area contributed by atoms with Crippen LogP contribution >= 0.6 is 23.5 Å². The van der Waals surface area contributed by atoms with Crippen LogP contribution in [0.25, 0.3) is 0 Å². The first-order valence-electron chi connectivity index (χ1n) is 7.08. The fourth-order valence-electron chi connectivity index (χ4n) is 1.52. The minimum absolute atomic E-state index is 0.568. The average Bonchev–Trinajstić information content (AvgIpc) is 3.07. The standard InChI is InChI=1S/2C6H12N4S/c1-5(2)4-10-6(11-3)7-8-9-10;1-5(2)4-10-8-6(11-3)7-9-10/h2*5H,4H2,1-3H3. The number of hydrogen-bond acceptors (Lipinski definition) is 8. The topological polar surface area (TPSA) is 87.2 Å². The first kappa shape index (κ1) is 18.9. The van der Waals surface area contributed by atoms with Crippen molar-refractivity contribution in [3.05, 3.63) is 0 Å². The molecule has 0 N–H and O–H groups in total. The molecule has 0 aliphatic carbocycles. The largest absolute Gasteiger partial charge is 0.230 e. The minimum Gasteiger partial charge on any atom is -0.220 e. The summed E-state index contributed by atoms with van der Waals surface area (Å²) >= 11 is 3.08. The van der Waals surface area contributed by atoms with Crippen molar-refractivity contribution < 1.29 is 0 Å². The third-order valence-electron chi connectivity index (χ3n) is 2.37. The molecule has 8 nitrogen and oxygen atoms in total. The molecule has 2 heterocycles. The molecular formula is C12H24N8S2. The third kappa shape index (κ3) is 6.73. The Hall–Kier alpha value is -1.16. The van der Waals surface area contributed by atoms with E-state index in [1.807, 2.05) is 17.2 Å². The average molecular weight is 345 g/mol. The zero-order valence-electron chi connectivity index (χ0n) is 14.0. The number of thioether (sulfide) groups is 2. The highest BCUT2D eigenvalue weighted by molar-refractivity contribution is 7.98. The molecule has 0 saturated carbocycles. The summed E-state index contributed by atoms with van der Waals surface area (Å²) in [5.41, 5.74) is 0. The molecule has 0 amide bonds. The molecule has 2 aromatic heterocycles. The van der Waals surface area contributed by atoms with Crippen LogP contribution in [0.3, 0.4) is 0 Å². The van der Waals surface area contributed by atoms with Crippen molar-refractivity contribution >= 4 is 23.5 Å². The van der Waals surface area contributed by atoms with E-state index in [-0.39, 0.29) is 0 Å². The van der Waals surface area contributed by atoms with E-state index in [9.17, 15) is 0 Å². The van der Waals surface area contributed by atoms with E-state index in [0.717, 1.165) is 23.4 Å². The predicted molar refractivity (Wildman–Crippen MR) is 88.9 cm³/mol. The van der Waals surface area contributed by atoms with Gasteiger partial charge in [0.2, 0.25) is 10.3 Å². The highest BCUT2D eigenvalue weighted by atomic mass is 32.2. The number of hydrogen-bond donors (Lipinski definition) is 0. The number of nitrogens with zero attached hydrogens (tertiary/aromatic N) is 8. The van der Waals surface area contributed by atoms with Gasteiger partial charge < -0.3 is 0 Å². The van der Waals surface area contributed by atoms with Crippen molar-refractivity contribution in [1.82, 2.24) is 40.4 Å². The summed E-state index contributed by atoms with van der Waals surface area (Å²) in [6.07, 6.45) is 3.92. The summed E-state index contributed by atoms with van der Waals surface area (Å²) in [6.45, 7) is 10.3. The molecule has 0 spiro atoms. The van der Waals surface area contributed by atoms with Gasteiger partial charge in [0.1, 0.15) is 0 Å². The van der Waals surface area contributed by atoms with E-state index in [2.05, 4.69) is 58.6 Å². The monoisotopic (exact) mass is 344 g/mol. The van der Waals surface area contributed by atoms with Crippen LogP contribution in [0.2, 0.25) is 0 Å². The van der Waals surface area contributed by atoms with Crippen LogP contribution in [0.5, 0.6) is 0 Å². The summed E-state index contributed by atoms with van der Waals surface area (Å²) in [7, 11) is 0. The van der Waals surface area contributed by atoms with Gasteiger partial charge in [-0.2, -0.15) is 4.80 Å². The predicted octanol–water partition coefficient (Wildman–Crippen LogP) is 2.10. The fraction of sp³-hybridized carbons (Fsp3) is 0.833. The van der Waals surface area contributed by atoms with Crippen molar-refractivity contribution in [2.45, 2.75) is 51.1 Å². The lowest BCUT2D eigenvalue weighted by Crippen LogP contribution is -2.07. The molecule has 2 aromatic rings. The van der Waals surface area contributed by atoms with Crippen LogP contribution in [0.1, 0.15) is 27.7 Å². The Labute approximate surface area is 139 Å². The van der Waals surface area contributed by atoms with Crippen molar-refractivity contribution in [2.24, 2.45) is 11.8 Å². The second-order valence-electron chi connectivity index (χ2n) is 5.47. The lowest BCUT2D eigenvalue weighted by molar-refractivity contribution is 0.427. The van der Waals surface area contributed by atoms with Crippen LogP contribution < -0.4 is 0 Å². The molecule has 124 valence electrons. The quantitative estimate of drug-likeness (QED) is 0.736. The number of tetrazole rings is 2. The van der Waals surface area contributed by atoms with Gasteiger partial charge in [0, 0.05) is 6.54 Å².